The van der Waals surface area contributed by atoms with Crippen LogP contribution in [0.5, 0.6) is 0 Å². The van der Waals surface area contributed by atoms with Crippen LogP contribution in [0.2, 0.25) is 0 Å². The molecule has 5 heteroatoms. The summed E-state index contributed by atoms with van der Waals surface area (Å²) in [6, 6.07) is 8.25. The molecule has 1 heterocycles. The van der Waals surface area contributed by atoms with Crippen molar-refractivity contribution in [2.24, 2.45) is 0 Å². The van der Waals surface area contributed by atoms with Gasteiger partial charge in [0.25, 0.3) is 0 Å². The van der Waals surface area contributed by atoms with Gasteiger partial charge < -0.3 is 10.2 Å². The molecule has 1 fully saturated rings. The van der Waals surface area contributed by atoms with Crippen molar-refractivity contribution in [2.45, 2.75) is 19.0 Å². The lowest BCUT2D eigenvalue weighted by atomic mass is 10.0. The fourth-order valence-electron chi connectivity index (χ4n) is 2.63. The van der Waals surface area contributed by atoms with Crippen LogP contribution in [0.4, 0.5) is 0 Å². The van der Waals surface area contributed by atoms with Gasteiger partial charge in [0.2, 0.25) is 5.91 Å². The Morgan fingerprint density at radius 1 is 1.50 bits per heavy atom. The van der Waals surface area contributed by atoms with Gasteiger partial charge in [-0.05, 0) is 24.6 Å². The lowest BCUT2D eigenvalue weighted by Crippen LogP contribution is -2.53. The molecule has 0 spiro atoms. The third kappa shape index (κ3) is 3.59. The number of halogens is 1. The molecule has 1 aliphatic heterocycles. The van der Waals surface area contributed by atoms with Crippen LogP contribution in [-0.4, -0.2) is 55.5 Å². The number of rotatable bonds is 3. The highest BCUT2D eigenvalue weighted by atomic mass is 79.9. The highest BCUT2D eigenvalue weighted by Crippen LogP contribution is 2.26. The van der Waals surface area contributed by atoms with E-state index in [-0.39, 0.29) is 11.9 Å². The zero-order chi connectivity index (χ0) is 14.7. The summed E-state index contributed by atoms with van der Waals surface area (Å²) < 4.78 is 1.01. The highest BCUT2D eigenvalue weighted by Gasteiger charge is 2.31. The number of likely N-dealkylation sites (N-methyl/N-ethyl adjacent to an activating group) is 1. The van der Waals surface area contributed by atoms with E-state index in [9.17, 15) is 4.79 Å². The van der Waals surface area contributed by atoms with E-state index in [4.69, 9.17) is 0 Å². The molecule has 2 atom stereocenters. The van der Waals surface area contributed by atoms with Crippen molar-refractivity contribution in [3.8, 4) is 0 Å². The zero-order valence-corrected chi connectivity index (χ0v) is 13.9. The molecule has 0 aromatic heterocycles. The molecule has 2 unspecified atom stereocenters. The van der Waals surface area contributed by atoms with Gasteiger partial charge in [-0.3, -0.25) is 9.69 Å². The second-order valence-electron chi connectivity index (χ2n) is 5.54. The molecule has 2 rings (SSSR count). The Hall–Kier alpha value is -0.910. The Morgan fingerprint density at radius 2 is 2.25 bits per heavy atom. The van der Waals surface area contributed by atoms with E-state index < -0.39 is 0 Å². The Kier molecular flexibility index (Phi) is 5.18. The van der Waals surface area contributed by atoms with E-state index in [1.54, 1.807) is 4.90 Å². The standard InChI is InChI=1S/C15H22BrN3O/c1-11-10-19(8-7-17-11)14(15(20)18(2)3)12-5-4-6-13(16)9-12/h4-6,9,11,14,17H,7-8,10H2,1-3H3. The van der Waals surface area contributed by atoms with Gasteiger partial charge in [0.15, 0.2) is 0 Å². The van der Waals surface area contributed by atoms with Crippen molar-refractivity contribution in [3.05, 3.63) is 34.3 Å². The number of carbonyl (C=O) groups is 1. The first-order valence-corrected chi connectivity index (χ1v) is 7.72. The fourth-order valence-corrected chi connectivity index (χ4v) is 3.04. The van der Waals surface area contributed by atoms with Crippen molar-refractivity contribution in [3.63, 3.8) is 0 Å². The number of piperazine rings is 1. The Bertz CT molecular complexity index is 478. The van der Waals surface area contributed by atoms with E-state index in [1.807, 2.05) is 38.4 Å². The molecular formula is C15H22BrN3O. The smallest absolute Gasteiger partial charge is 0.244 e. The SMILES string of the molecule is CC1CN(C(C(=O)N(C)C)c2cccc(Br)c2)CCN1. The van der Waals surface area contributed by atoms with E-state index in [2.05, 4.69) is 33.1 Å². The van der Waals surface area contributed by atoms with Crippen molar-refractivity contribution in [1.29, 1.82) is 0 Å². The molecule has 20 heavy (non-hydrogen) atoms. The number of hydrogen-bond acceptors (Lipinski definition) is 3. The third-order valence-corrected chi connectivity index (χ3v) is 4.10. The third-order valence-electron chi connectivity index (χ3n) is 3.60. The van der Waals surface area contributed by atoms with Gasteiger partial charge in [0, 0.05) is 44.2 Å². The minimum absolute atomic E-state index is 0.136. The molecule has 0 saturated carbocycles. The van der Waals surface area contributed by atoms with E-state index >= 15 is 0 Å². The molecule has 1 aliphatic rings. The van der Waals surface area contributed by atoms with Gasteiger partial charge in [-0.25, -0.2) is 0 Å². The van der Waals surface area contributed by atoms with Gasteiger partial charge in [-0.2, -0.15) is 0 Å². The second-order valence-corrected chi connectivity index (χ2v) is 6.46. The molecule has 4 nitrogen and oxygen atoms in total. The van der Waals surface area contributed by atoms with E-state index in [0.717, 1.165) is 29.7 Å². The summed E-state index contributed by atoms with van der Waals surface area (Å²) in [7, 11) is 3.64. The molecule has 0 radical (unpaired) electrons. The van der Waals surface area contributed by atoms with Crippen LogP contribution >= 0.6 is 15.9 Å². The van der Waals surface area contributed by atoms with Crippen LogP contribution in [0, 0.1) is 0 Å². The Balaban J connectivity index is 2.31. The molecule has 1 saturated heterocycles. The first-order chi connectivity index (χ1) is 9.49. The van der Waals surface area contributed by atoms with Crippen LogP contribution in [0.25, 0.3) is 0 Å². The molecule has 1 aromatic rings. The largest absolute Gasteiger partial charge is 0.347 e. The summed E-state index contributed by atoms with van der Waals surface area (Å²) >= 11 is 3.50. The summed E-state index contributed by atoms with van der Waals surface area (Å²) in [5.41, 5.74) is 1.05. The fraction of sp³-hybridized carbons (Fsp3) is 0.533. The first-order valence-electron chi connectivity index (χ1n) is 6.93. The van der Waals surface area contributed by atoms with Crippen molar-refractivity contribution >= 4 is 21.8 Å². The van der Waals surface area contributed by atoms with Gasteiger partial charge in [0.05, 0.1) is 0 Å². The topological polar surface area (TPSA) is 35.6 Å². The van der Waals surface area contributed by atoms with E-state index in [0.29, 0.717) is 6.04 Å². The summed E-state index contributed by atoms with van der Waals surface area (Å²) in [5.74, 6) is 0.136. The van der Waals surface area contributed by atoms with Crippen LogP contribution in [0.1, 0.15) is 18.5 Å². The zero-order valence-electron chi connectivity index (χ0n) is 12.3. The molecule has 110 valence electrons. The number of nitrogens with one attached hydrogen (secondary N) is 1. The maximum absolute atomic E-state index is 12.6. The van der Waals surface area contributed by atoms with Crippen LogP contribution in [0.3, 0.4) is 0 Å². The Morgan fingerprint density at radius 3 is 2.85 bits per heavy atom. The second kappa shape index (κ2) is 6.70. The molecule has 1 amide bonds. The summed E-state index contributed by atoms with van der Waals surface area (Å²) in [4.78, 5) is 16.6. The highest BCUT2D eigenvalue weighted by molar-refractivity contribution is 9.10. The number of nitrogens with zero attached hydrogens (tertiary/aromatic N) is 2. The van der Waals surface area contributed by atoms with Crippen LogP contribution < -0.4 is 5.32 Å². The van der Waals surface area contributed by atoms with Crippen LogP contribution in [-0.2, 0) is 4.79 Å². The number of amides is 1. The predicted octanol–water partition coefficient (Wildman–Crippen LogP) is 1.87. The normalized spacial score (nSPS) is 21.5. The van der Waals surface area contributed by atoms with Gasteiger partial charge >= 0.3 is 0 Å². The summed E-state index contributed by atoms with van der Waals surface area (Å²) in [5, 5.41) is 3.42. The van der Waals surface area contributed by atoms with Gasteiger partial charge in [-0.1, -0.05) is 28.1 Å². The average molecular weight is 340 g/mol. The molecule has 0 bridgehead atoms. The van der Waals surface area contributed by atoms with Crippen LogP contribution in [0.15, 0.2) is 28.7 Å². The average Bonchev–Trinajstić information content (AvgIpc) is 2.39. The monoisotopic (exact) mass is 339 g/mol. The quantitative estimate of drug-likeness (QED) is 0.913. The number of hydrogen-bond donors (Lipinski definition) is 1. The summed E-state index contributed by atoms with van der Waals surface area (Å²) in [6.45, 7) is 4.86. The number of carbonyl (C=O) groups excluding carboxylic acids is 1. The lowest BCUT2D eigenvalue weighted by Gasteiger charge is -2.38. The lowest BCUT2D eigenvalue weighted by molar-refractivity contribution is -0.135. The van der Waals surface area contributed by atoms with Gasteiger partial charge in [-0.15, -0.1) is 0 Å². The number of benzene rings is 1. The molecule has 1 aromatic carbocycles. The Labute approximate surface area is 129 Å². The van der Waals surface area contributed by atoms with Crippen molar-refractivity contribution in [1.82, 2.24) is 15.1 Å². The first kappa shape index (κ1) is 15.5. The predicted molar refractivity (Wildman–Crippen MR) is 84.6 cm³/mol. The minimum Gasteiger partial charge on any atom is -0.347 e. The minimum atomic E-state index is -0.202. The van der Waals surface area contributed by atoms with Gasteiger partial charge in [0.1, 0.15) is 6.04 Å². The molecule has 1 N–H and O–H groups in total. The summed E-state index contributed by atoms with van der Waals surface area (Å²) in [6.07, 6.45) is 0. The van der Waals surface area contributed by atoms with E-state index in [1.165, 1.54) is 0 Å². The maximum Gasteiger partial charge on any atom is 0.244 e. The molecule has 0 aliphatic carbocycles. The molecular weight excluding hydrogens is 318 g/mol. The maximum atomic E-state index is 12.6. The van der Waals surface area contributed by atoms with Crippen molar-refractivity contribution in [2.75, 3.05) is 33.7 Å². The van der Waals surface area contributed by atoms with Crippen molar-refractivity contribution < 1.29 is 4.79 Å².